The molecule has 122 valence electrons. The van der Waals surface area contributed by atoms with Gasteiger partial charge in [0, 0.05) is 32.4 Å². The predicted molar refractivity (Wildman–Crippen MR) is 89.2 cm³/mol. The highest BCUT2D eigenvalue weighted by Crippen LogP contribution is 2.24. The van der Waals surface area contributed by atoms with E-state index in [1.807, 2.05) is 0 Å². The van der Waals surface area contributed by atoms with Gasteiger partial charge in [0.05, 0.1) is 12.9 Å². The van der Waals surface area contributed by atoms with Crippen LogP contribution in [-0.4, -0.2) is 34.2 Å². The van der Waals surface area contributed by atoms with Crippen LogP contribution in [0.4, 0.5) is 5.82 Å². The molecule has 0 atom stereocenters. The Bertz CT molecular complexity index is 726. The Labute approximate surface area is 139 Å². The fourth-order valence-corrected chi connectivity index (χ4v) is 2.80. The molecule has 0 N–H and O–H groups in total. The molecule has 1 aliphatic heterocycles. The van der Waals surface area contributed by atoms with Gasteiger partial charge in [-0.25, -0.2) is 9.97 Å². The van der Waals surface area contributed by atoms with Crippen LogP contribution in [-0.2, 0) is 7.05 Å². The molecule has 6 nitrogen and oxygen atoms in total. The number of rotatable bonds is 4. The van der Waals surface area contributed by atoms with Crippen molar-refractivity contribution in [2.75, 3.05) is 24.6 Å². The van der Waals surface area contributed by atoms with Gasteiger partial charge in [0.1, 0.15) is 10.8 Å². The van der Waals surface area contributed by atoms with Crippen molar-refractivity contribution in [3.63, 3.8) is 0 Å². The van der Waals surface area contributed by atoms with Crippen molar-refractivity contribution in [2.24, 2.45) is 13.0 Å². The molecule has 0 amide bonds. The molecule has 0 saturated carbocycles. The number of aryl methyl sites for hydroxylation is 1. The second kappa shape index (κ2) is 7.00. The molecule has 0 bridgehead atoms. The third-order valence-electron chi connectivity index (χ3n) is 4.08. The Kier molecular flexibility index (Phi) is 4.81. The molecule has 23 heavy (non-hydrogen) atoms. The lowest BCUT2D eigenvalue weighted by Gasteiger charge is -2.32. The van der Waals surface area contributed by atoms with Gasteiger partial charge in [-0.3, -0.25) is 4.79 Å². The summed E-state index contributed by atoms with van der Waals surface area (Å²) in [7, 11) is 1.70. The average Bonchev–Trinajstić information content (AvgIpc) is 2.57. The minimum atomic E-state index is -0.0368. The first-order chi connectivity index (χ1) is 11.1. The summed E-state index contributed by atoms with van der Waals surface area (Å²) in [5.74, 6) is 1.70. The molecule has 0 unspecified atom stereocenters. The van der Waals surface area contributed by atoms with Crippen LogP contribution in [0.3, 0.4) is 0 Å². The number of hydrogen-bond donors (Lipinski definition) is 0. The highest BCUT2D eigenvalue weighted by molar-refractivity contribution is 6.31. The van der Waals surface area contributed by atoms with Crippen LogP contribution in [0.15, 0.2) is 35.5 Å². The number of halogens is 1. The summed E-state index contributed by atoms with van der Waals surface area (Å²) in [6, 6.07) is 5.14. The highest BCUT2D eigenvalue weighted by Gasteiger charge is 2.21. The van der Waals surface area contributed by atoms with E-state index in [1.165, 1.54) is 4.57 Å². The second-order valence-electron chi connectivity index (χ2n) is 5.73. The number of hydrogen-bond acceptors (Lipinski definition) is 5. The first-order valence-electron chi connectivity index (χ1n) is 7.64. The molecule has 2 aromatic rings. The van der Waals surface area contributed by atoms with Gasteiger partial charge in [0.2, 0.25) is 5.88 Å². The monoisotopic (exact) mass is 334 g/mol. The van der Waals surface area contributed by atoms with Gasteiger partial charge in [-0.15, -0.1) is 0 Å². The minimum Gasteiger partial charge on any atom is -0.476 e. The zero-order valence-corrected chi connectivity index (χ0v) is 13.7. The van der Waals surface area contributed by atoms with Gasteiger partial charge in [0.15, 0.2) is 0 Å². The standard InChI is InChI=1S/C16H19ClN4O2/c1-20-11-19-14(9-15(20)22)21-7-4-12(5-8-21)10-23-16-13(17)3-2-6-18-16/h2-3,6,9,11-12H,4-5,7-8,10H2,1H3. The number of anilines is 1. The molecule has 1 aliphatic rings. The molecule has 3 rings (SSSR count). The lowest BCUT2D eigenvalue weighted by atomic mass is 9.98. The molecule has 0 aliphatic carbocycles. The Morgan fingerprint density at radius 2 is 2.13 bits per heavy atom. The van der Waals surface area contributed by atoms with E-state index in [-0.39, 0.29) is 5.56 Å². The van der Waals surface area contributed by atoms with Crippen LogP contribution in [0, 0.1) is 5.92 Å². The molecule has 1 fully saturated rings. The van der Waals surface area contributed by atoms with Crippen LogP contribution < -0.4 is 15.2 Å². The van der Waals surface area contributed by atoms with Crippen molar-refractivity contribution in [2.45, 2.75) is 12.8 Å². The molecular formula is C16H19ClN4O2. The van der Waals surface area contributed by atoms with Gasteiger partial charge in [-0.2, -0.15) is 0 Å². The van der Waals surface area contributed by atoms with E-state index < -0.39 is 0 Å². The Balaban J connectivity index is 1.53. The zero-order valence-electron chi connectivity index (χ0n) is 13.0. The maximum atomic E-state index is 11.7. The number of ether oxygens (including phenoxy) is 1. The third kappa shape index (κ3) is 3.82. The molecular weight excluding hydrogens is 316 g/mol. The summed E-state index contributed by atoms with van der Waals surface area (Å²) in [5.41, 5.74) is -0.0368. The van der Waals surface area contributed by atoms with E-state index >= 15 is 0 Å². The minimum absolute atomic E-state index is 0.0368. The Hall–Kier alpha value is -2.08. The molecule has 1 saturated heterocycles. The summed E-state index contributed by atoms with van der Waals surface area (Å²) in [4.78, 5) is 22.3. The summed E-state index contributed by atoms with van der Waals surface area (Å²) < 4.78 is 7.19. The van der Waals surface area contributed by atoms with Crippen LogP contribution in [0.1, 0.15) is 12.8 Å². The fourth-order valence-electron chi connectivity index (χ4n) is 2.63. The van der Waals surface area contributed by atoms with Gasteiger partial charge in [-0.05, 0) is 30.9 Å². The summed E-state index contributed by atoms with van der Waals surface area (Å²) in [5, 5.41) is 0.536. The lowest BCUT2D eigenvalue weighted by molar-refractivity contribution is 0.216. The summed E-state index contributed by atoms with van der Waals surface area (Å²) >= 11 is 6.04. The van der Waals surface area contributed by atoms with E-state index in [2.05, 4.69) is 14.9 Å². The largest absolute Gasteiger partial charge is 0.476 e. The lowest BCUT2D eigenvalue weighted by Crippen LogP contribution is -2.37. The molecule has 0 aromatic carbocycles. The van der Waals surface area contributed by atoms with Crippen LogP contribution >= 0.6 is 11.6 Å². The first-order valence-corrected chi connectivity index (χ1v) is 8.02. The topological polar surface area (TPSA) is 60.3 Å². The van der Waals surface area contributed by atoms with Crippen molar-refractivity contribution in [3.05, 3.63) is 46.1 Å². The van der Waals surface area contributed by atoms with Crippen molar-refractivity contribution >= 4 is 17.4 Å². The van der Waals surface area contributed by atoms with Crippen molar-refractivity contribution in [1.29, 1.82) is 0 Å². The van der Waals surface area contributed by atoms with E-state index in [1.54, 1.807) is 37.8 Å². The molecule has 0 spiro atoms. The summed E-state index contributed by atoms with van der Waals surface area (Å²) in [6.45, 7) is 2.34. The number of aromatic nitrogens is 3. The fraction of sp³-hybridized carbons (Fsp3) is 0.438. The van der Waals surface area contributed by atoms with E-state index in [4.69, 9.17) is 16.3 Å². The van der Waals surface area contributed by atoms with E-state index in [9.17, 15) is 4.79 Å². The third-order valence-corrected chi connectivity index (χ3v) is 4.37. The maximum absolute atomic E-state index is 11.7. The van der Waals surface area contributed by atoms with Crippen molar-refractivity contribution in [1.82, 2.24) is 14.5 Å². The van der Waals surface area contributed by atoms with Crippen LogP contribution in [0.25, 0.3) is 0 Å². The first kappa shape index (κ1) is 15.8. The van der Waals surface area contributed by atoms with Gasteiger partial charge in [-0.1, -0.05) is 11.6 Å². The molecule has 0 radical (unpaired) electrons. The molecule has 2 aromatic heterocycles. The number of nitrogens with zero attached hydrogens (tertiary/aromatic N) is 4. The SMILES string of the molecule is Cn1cnc(N2CCC(COc3ncccc3Cl)CC2)cc1=O. The quantitative estimate of drug-likeness (QED) is 0.857. The Morgan fingerprint density at radius 1 is 1.35 bits per heavy atom. The number of piperidine rings is 1. The second-order valence-corrected chi connectivity index (χ2v) is 6.14. The summed E-state index contributed by atoms with van der Waals surface area (Å²) in [6.07, 6.45) is 5.21. The number of pyridine rings is 1. The zero-order chi connectivity index (χ0) is 16.2. The predicted octanol–water partition coefficient (Wildman–Crippen LogP) is 2.12. The maximum Gasteiger partial charge on any atom is 0.255 e. The van der Waals surface area contributed by atoms with Crippen molar-refractivity contribution in [3.8, 4) is 5.88 Å². The highest BCUT2D eigenvalue weighted by atomic mass is 35.5. The van der Waals surface area contributed by atoms with Gasteiger partial charge < -0.3 is 14.2 Å². The van der Waals surface area contributed by atoms with E-state index in [0.29, 0.717) is 23.4 Å². The molecule has 7 heteroatoms. The van der Waals surface area contributed by atoms with Gasteiger partial charge >= 0.3 is 0 Å². The normalized spacial score (nSPS) is 15.7. The Morgan fingerprint density at radius 3 is 2.83 bits per heavy atom. The van der Waals surface area contributed by atoms with Crippen LogP contribution in [0.2, 0.25) is 5.02 Å². The smallest absolute Gasteiger partial charge is 0.255 e. The molecule has 3 heterocycles. The van der Waals surface area contributed by atoms with Gasteiger partial charge in [0.25, 0.3) is 5.56 Å². The average molecular weight is 335 g/mol. The van der Waals surface area contributed by atoms with Crippen molar-refractivity contribution < 1.29 is 4.74 Å². The van der Waals surface area contributed by atoms with Crippen LogP contribution in [0.5, 0.6) is 5.88 Å². The van der Waals surface area contributed by atoms with E-state index in [0.717, 1.165) is 31.7 Å².